The van der Waals surface area contributed by atoms with E-state index >= 15 is 0 Å². The monoisotopic (exact) mass is 316 g/mol. The first-order chi connectivity index (χ1) is 10.1. The van der Waals surface area contributed by atoms with E-state index in [1.807, 2.05) is 0 Å². The SMILES string of the molecule is COCC1CCCN(S(=O)(=O)c2cnn(CCCN)c2)C1. The van der Waals surface area contributed by atoms with E-state index in [-0.39, 0.29) is 10.8 Å². The summed E-state index contributed by atoms with van der Waals surface area (Å²) in [7, 11) is -1.81. The fraction of sp³-hybridized carbons (Fsp3) is 0.769. The molecule has 7 nitrogen and oxygen atoms in total. The third-order valence-electron chi connectivity index (χ3n) is 3.72. The Kier molecular flexibility index (Phi) is 5.74. The van der Waals surface area contributed by atoms with Crippen LogP contribution in [-0.2, 0) is 21.3 Å². The summed E-state index contributed by atoms with van der Waals surface area (Å²) in [4.78, 5) is 0.262. The molecule has 1 aliphatic rings. The lowest BCUT2D eigenvalue weighted by Gasteiger charge is -2.31. The Balaban J connectivity index is 2.08. The molecule has 2 heterocycles. The number of piperidine rings is 1. The zero-order valence-electron chi connectivity index (χ0n) is 12.4. The molecular formula is C13H24N4O3S. The van der Waals surface area contributed by atoms with Crippen LogP contribution in [0.4, 0.5) is 0 Å². The molecule has 120 valence electrons. The van der Waals surface area contributed by atoms with Crippen LogP contribution in [-0.4, -0.2) is 55.9 Å². The lowest BCUT2D eigenvalue weighted by Crippen LogP contribution is -2.41. The zero-order chi connectivity index (χ0) is 15.3. The first-order valence-corrected chi connectivity index (χ1v) is 8.73. The van der Waals surface area contributed by atoms with Crippen LogP contribution in [0.15, 0.2) is 17.3 Å². The smallest absolute Gasteiger partial charge is 0.246 e. The molecule has 0 spiro atoms. The molecule has 1 unspecified atom stereocenters. The van der Waals surface area contributed by atoms with Gasteiger partial charge in [-0.3, -0.25) is 4.68 Å². The van der Waals surface area contributed by atoms with Crippen LogP contribution < -0.4 is 5.73 Å². The fourth-order valence-corrected chi connectivity index (χ4v) is 4.13. The topological polar surface area (TPSA) is 90.5 Å². The number of nitrogens with two attached hydrogens (primary N) is 1. The average molecular weight is 316 g/mol. The minimum absolute atomic E-state index is 0.262. The summed E-state index contributed by atoms with van der Waals surface area (Å²) in [6.45, 7) is 2.88. The number of aryl methyl sites for hydroxylation is 1. The third-order valence-corrected chi connectivity index (χ3v) is 5.54. The van der Waals surface area contributed by atoms with Crippen molar-refractivity contribution in [1.29, 1.82) is 0 Å². The van der Waals surface area contributed by atoms with E-state index in [2.05, 4.69) is 5.10 Å². The van der Waals surface area contributed by atoms with E-state index in [1.54, 1.807) is 22.3 Å². The summed E-state index contributed by atoms with van der Waals surface area (Å²) in [5.74, 6) is 0.269. The van der Waals surface area contributed by atoms with Gasteiger partial charge in [-0.2, -0.15) is 9.40 Å². The van der Waals surface area contributed by atoms with E-state index in [1.165, 1.54) is 6.20 Å². The van der Waals surface area contributed by atoms with Crippen molar-refractivity contribution in [3.8, 4) is 0 Å². The maximum absolute atomic E-state index is 12.6. The Morgan fingerprint density at radius 1 is 1.52 bits per heavy atom. The largest absolute Gasteiger partial charge is 0.384 e. The van der Waals surface area contributed by atoms with Crippen LogP contribution in [0.5, 0.6) is 0 Å². The van der Waals surface area contributed by atoms with Gasteiger partial charge in [-0.1, -0.05) is 0 Å². The molecule has 0 amide bonds. The van der Waals surface area contributed by atoms with Crippen LogP contribution >= 0.6 is 0 Å². The highest BCUT2D eigenvalue weighted by atomic mass is 32.2. The van der Waals surface area contributed by atoms with Crippen molar-refractivity contribution < 1.29 is 13.2 Å². The number of hydrogen-bond acceptors (Lipinski definition) is 5. The van der Waals surface area contributed by atoms with Crippen LogP contribution in [0.2, 0.25) is 0 Å². The van der Waals surface area contributed by atoms with Crippen molar-refractivity contribution in [3.63, 3.8) is 0 Å². The van der Waals surface area contributed by atoms with Crippen molar-refractivity contribution in [1.82, 2.24) is 14.1 Å². The molecule has 2 rings (SSSR count). The average Bonchev–Trinajstić information content (AvgIpc) is 2.95. The molecule has 0 bridgehead atoms. The van der Waals surface area contributed by atoms with E-state index < -0.39 is 10.0 Å². The van der Waals surface area contributed by atoms with Crippen LogP contribution in [0.1, 0.15) is 19.3 Å². The summed E-state index contributed by atoms with van der Waals surface area (Å²) in [6.07, 6.45) is 5.67. The minimum Gasteiger partial charge on any atom is -0.384 e. The van der Waals surface area contributed by atoms with Gasteiger partial charge in [0.2, 0.25) is 10.0 Å². The highest BCUT2D eigenvalue weighted by Gasteiger charge is 2.31. The molecule has 2 N–H and O–H groups in total. The number of rotatable bonds is 7. The fourth-order valence-electron chi connectivity index (χ4n) is 2.62. The molecule has 0 aromatic carbocycles. The maximum Gasteiger partial charge on any atom is 0.246 e. The summed E-state index contributed by atoms with van der Waals surface area (Å²) < 4.78 is 33.6. The van der Waals surface area contributed by atoms with Crippen LogP contribution in [0, 0.1) is 5.92 Å². The molecule has 0 aliphatic carbocycles. The van der Waals surface area contributed by atoms with E-state index in [0.717, 1.165) is 19.3 Å². The molecule has 1 aromatic heterocycles. The number of methoxy groups -OCH3 is 1. The molecule has 8 heteroatoms. The van der Waals surface area contributed by atoms with Gasteiger partial charge >= 0.3 is 0 Å². The Morgan fingerprint density at radius 2 is 2.33 bits per heavy atom. The van der Waals surface area contributed by atoms with Gasteiger partial charge in [0.25, 0.3) is 0 Å². The zero-order valence-corrected chi connectivity index (χ0v) is 13.3. The lowest BCUT2D eigenvalue weighted by atomic mass is 10.0. The molecule has 1 aliphatic heterocycles. The summed E-state index contributed by atoms with van der Waals surface area (Å²) >= 11 is 0. The standard InChI is InChI=1S/C13H24N4O3S/c1-20-11-12-4-2-7-17(9-12)21(18,19)13-8-15-16(10-13)6-3-5-14/h8,10,12H,2-7,9,11,14H2,1H3. The summed E-state index contributed by atoms with van der Waals surface area (Å²) in [5, 5.41) is 4.10. The lowest BCUT2D eigenvalue weighted by molar-refractivity contribution is 0.118. The highest BCUT2D eigenvalue weighted by molar-refractivity contribution is 7.89. The number of ether oxygens (including phenoxy) is 1. The number of sulfonamides is 1. The van der Waals surface area contributed by atoms with Gasteiger partial charge in [-0.25, -0.2) is 8.42 Å². The van der Waals surface area contributed by atoms with Gasteiger partial charge in [0.1, 0.15) is 4.90 Å². The van der Waals surface area contributed by atoms with Crippen LogP contribution in [0.25, 0.3) is 0 Å². The second-order valence-corrected chi connectivity index (χ2v) is 7.35. The van der Waals surface area contributed by atoms with Crippen molar-refractivity contribution in [3.05, 3.63) is 12.4 Å². The third kappa shape index (κ3) is 4.03. The molecule has 1 atom stereocenters. The van der Waals surface area contributed by atoms with Crippen molar-refractivity contribution in [2.24, 2.45) is 11.7 Å². The Hall–Kier alpha value is -0.960. The quantitative estimate of drug-likeness (QED) is 0.780. The van der Waals surface area contributed by atoms with Gasteiger partial charge in [-0.05, 0) is 31.7 Å². The Bertz CT molecular complexity index is 541. The molecule has 1 fully saturated rings. The van der Waals surface area contributed by atoms with Gasteiger partial charge in [0.05, 0.1) is 12.8 Å². The Labute approximate surface area is 126 Å². The maximum atomic E-state index is 12.6. The second-order valence-electron chi connectivity index (χ2n) is 5.41. The van der Waals surface area contributed by atoms with Gasteiger partial charge in [0, 0.05) is 32.9 Å². The highest BCUT2D eigenvalue weighted by Crippen LogP contribution is 2.23. The van der Waals surface area contributed by atoms with Crippen molar-refractivity contribution in [2.45, 2.75) is 30.7 Å². The summed E-state index contributed by atoms with van der Waals surface area (Å²) in [5.41, 5.74) is 5.45. The first kappa shape index (κ1) is 16.4. The van der Waals surface area contributed by atoms with E-state index in [0.29, 0.717) is 32.8 Å². The predicted octanol–water partition coefficient (Wildman–Crippen LogP) is 0.279. The van der Waals surface area contributed by atoms with Crippen molar-refractivity contribution >= 4 is 10.0 Å². The number of nitrogens with zero attached hydrogens (tertiary/aromatic N) is 3. The van der Waals surface area contributed by atoms with Gasteiger partial charge in [-0.15, -0.1) is 0 Å². The predicted molar refractivity (Wildman–Crippen MR) is 79.3 cm³/mol. The molecule has 0 saturated carbocycles. The van der Waals surface area contributed by atoms with Crippen LogP contribution in [0.3, 0.4) is 0 Å². The second kappa shape index (κ2) is 7.35. The molecule has 0 radical (unpaired) electrons. The molecular weight excluding hydrogens is 292 g/mol. The number of hydrogen-bond donors (Lipinski definition) is 1. The van der Waals surface area contributed by atoms with E-state index in [9.17, 15) is 8.42 Å². The van der Waals surface area contributed by atoms with Gasteiger partial charge in [0.15, 0.2) is 0 Å². The molecule has 1 aromatic rings. The van der Waals surface area contributed by atoms with E-state index in [4.69, 9.17) is 10.5 Å². The Morgan fingerprint density at radius 3 is 3.05 bits per heavy atom. The number of aromatic nitrogens is 2. The molecule has 1 saturated heterocycles. The summed E-state index contributed by atoms with van der Waals surface area (Å²) in [6, 6.07) is 0. The minimum atomic E-state index is -3.45. The first-order valence-electron chi connectivity index (χ1n) is 7.29. The molecule has 21 heavy (non-hydrogen) atoms. The normalized spacial score (nSPS) is 20.8. The van der Waals surface area contributed by atoms with Crippen molar-refractivity contribution in [2.75, 3.05) is 33.4 Å². The van der Waals surface area contributed by atoms with Gasteiger partial charge < -0.3 is 10.5 Å².